The third-order valence-corrected chi connectivity index (χ3v) is 4.95. The van der Waals surface area contributed by atoms with Crippen LogP contribution in [-0.2, 0) is 16.0 Å². The monoisotopic (exact) mass is 349 g/mol. The molecule has 0 radical (unpaired) electrons. The lowest BCUT2D eigenvalue weighted by Crippen LogP contribution is -2.47. The summed E-state index contributed by atoms with van der Waals surface area (Å²) in [6, 6.07) is 0.0332. The Hall–Kier alpha value is -2.58. The minimum atomic E-state index is -0.916. The second kappa shape index (κ2) is 7.54. The Morgan fingerprint density at radius 3 is 2.76 bits per heavy atom. The van der Waals surface area contributed by atoms with E-state index in [4.69, 9.17) is 5.11 Å². The van der Waals surface area contributed by atoms with Crippen molar-refractivity contribution in [1.82, 2.24) is 25.1 Å². The minimum absolute atomic E-state index is 0.0116. The van der Waals surface area contributed by atoms with Crippen molar-refractivity contribution in [2.45, 2.75) is 31.7 Å². The van der Waals surface area contributed by atoms with E-state index < -0.39 is 6.09 Å². The molecular weight excluding hydrogens is 326 g/mol. The predicted octanol–water partition coefficient (Wildman–Crippen LogP) is 0.0593. The van der Waals surface area contributed by atoms with Gasteiger partial charge >= 0.3 is 6.09 Å². The van der Waals surface area contributed by atoms with Gasteiger partial charge in [-0.2, -0.15) is 0 Å². The van der Waals surface area contributed by atoms with Gasteiger partial charge in [0.25, 0.3) is 0 Å². The van der Waals surface area contributed by atoms with Gasteiger partial charge in [0, 0.05) is 57.0 Å². The van der Waals surface area contributed by atoms with E-state index in [1.54, 1.807) is 17.4 Å². The first-order chi connectivity index (χ1) is 12.0. The SMILES string of the molecule is O=C(NCCc1cnc[nH]1)C1CC(=O)N(C2CCN(C(=O)O)CC2)C1. The topological polar surface area (TPSA) is 119 Å². The molecule has 2 aliphatic rings. The third kappa shape index (κ3) is 4.09. The Balaban J connectivity index is 1.45. The molecule has 136 valence electrons. The maximum Gasteiger partial charge on any atom is 0.407 e. The average Bonchev–Trinajstić information content (AvgIpc) is 3.24. The van der Waals surface area contributed by atoms with Crippen molar-refractivity contribution in [3.05, 3.63) is 18.2 Å². The molecule has 3 amide bonds. The summed E-state index contributed by atoms with van der Waals surface area (Å²) in [5.41, 5.74) is 0.953. The van der Waals surface area contributed by atoms with Crippen LogP contribution in [0.25, 0.3) is 0 Å². The lowest BCUT2D eigenvalue weighted by molar-refractivity contribution is -0.131. The summed E-state index contributed by atoms with van der Waals surface area (Å²) in [6.45, 7) is 1.80. The quantitative estimate of drug-likeness (QED) is 0.694. The van der Waals surface area contributed by atoms with Crippen molar-refractivity contribution in [2.24, 2.45) is 5.92 Å². The van der Waals surface area contributed by atoms with E-state index in [1.807, 2.05) is 0 Å². The molecule has 2 aliphatic heterocycles. The van der Waals surface area contributed by atoms with Gasteiger partial charge in [-0.05, 0) is 12.8 Å². The van der Waals surface area contributed by atoms with Gasteiger partial charge in [-0.15, -0.1) is 0 Å². The van der Waals surface area contributed by atoms with Crippen molar-refractivity contribution in [2.75, 3.05) is 26.2 Å². The Kier molecular flexibility index (Phi) is 5.20. The van der Waals surface area contributed by atoms with E-state index >= 15 is 0 Å². The highest BCUT2D eigenvalue weighted by Gasteiger charge is 2.39. The number of carboxylic acid groups (broad SMARTS) is 1. The number of aromatic nitrogens is 2. The molecule has 0 bridgehead atoms. The molecule has 3 rings (SSSR count). The van der Waals surface area contributed by atoms with E-state index in [0.717, 1.165) is 5.69 Å². The Morgan fingerprint density at radius 1 is 1.36 bits per heavy atom. The van der Waals surface area contributed by atoms with E-state index in [2.05, 4.69) is 15.3 Å². The van der Waals surface area contributed by atoms with Crippen molar-refractivity contribution in [3.63, 3.8) is 0 Å². The van der Waals surface area contributed by atoms with E-state index in [9.17, 15) is 14.4 Å². The Morgan fingerprint density at radius 2 is 2.12 bits per heavy atom. The third-order valence-electron chi connectivity index (χ3n) is 4.95. The predicted molar refractivity (Wildman–Crippen MR) is 87.7 cm³/mol. The van der Waals surface area contributed by atoms with E-state index in [0.29, 0.717) is 45.4 Å². The van der Waals surface area contributed by atoms with Crippen LogP contribution in [0.15, 0.2) is 12.5 Å². The molecule has 0 saturated carbocycles. The number of piperidine rings is 1. The molecule has 2 fully saturated rings. The summed E-state index contributed by atoms with van der Waals surface area (Å²) in [7, 11) is 0. The first kappa shape index (κ1) is 17.2. The fraction of sp³-hybridized carbons (Fsp3) is 0.625. The highest BCUT2D eigenvalue weighted by atomic mass is 16.4. The molecule has 1 aromatic rings. The van der Waals surface area contributed by atoms with Crippen molar-refractivity contribution in [3.8, 4) is 0 Å². The summed E-state index contributed by atoms with van der Waals surface area (Å²) in [4.78, 5) is 45.6. The number of rotatable bonds is 5. The summed E-state index contributed by atoms with van der Waals surface area (Å²) in [5, 5.41) is 11.9. The van der Waals surface area contributed by atoms with Crippen LogP contribution in [0.2, 0.25) is 0 Å². The number of hydrogen-bond donors (Lipinski definition) is 3. The standard InChI is InChI=1S/C16H23N5O4/c22-14-7-11(15(23)18-4-1-12-8-17-10-19-12)9-21(14)13-2-5-20(6-3-13)16(24)25/h8,10-11,13H,1-7,9H2,(H,17,19)(H,18,23)(H,24,25). The summed E-state index contributed by atoms with van der Waals surface area (Å²) >= 11 is 0. The molecule has 0 aliphatic carbocycles. The zero-order valence-electron chi connectivity index (χ0n) is 14.0. The first-order valence-corrected chi connectivity index (χ1v) is 8.57. The fourth-order valence-electron chi connectivity index (χ4n) is 3.52. The molecule has 9 heteroatoms. The second-order valence-electron chi connectivity index (χ2n) is 6.57. The molecule has 1 unspecified atom stereocenters. The second-order valence-corrected chi connectivity index (χ2v) is 6.57. The van der Waals surface area contributed by atoms with Crippen LogP contribution < -0.4 is 5.32 Å². The van der Waals surface area contributed by atoms with Crippen LogP contribution in [0.1, 0.15) is 25.0 Å². The largest absolute Gasteiger partial charge is 0.465 e. The van der Waals surface area contributed by atoms with Crippen molar-refractivity contribution >= 4 is 17.9 Å². The molecule has 0 aromatic carbocycles. The number of imidazole rings is 1. The number of aromatic amines is 1. The molecule has 1 aromatic heterocycles. The van der Waals surface area contributed by atoms with Gasteiger partial charge in [0.05, 0.1) is 12.2 Å². The summed E-state index contributed by atoms with van der Waals surface area (Å²) in [5.74, 6) is -0.437. The van der Waals surface area contributed by atoms with Crippen LogP contribution in [-0.4, -0.2) is 75.0 Å². The lowest BCUT2D eigenvalue weighted by Gasteiger charge is -2.35. The van der Waals surface area contributed by atoms with Gasteiger partial charge in [0.1, 0.15) is 0 Å². The van der Waals surface area contributed by atoms with Crippen LogP contribution in [0, 0.1) is 5.92 Å². The van der Waals surface area contributed by atoms with Gasteiger partial charge < -0.3 is 25.2 Å². The molecule has 3 N–H and O–H groups in total. The van der Waals surface area contributed by atoms with Crippen molar-refractivity contribution in [1.29, 1.82) is 0 Å². The number of H-pyrrole nitrogens is 1. The molecular formula is C16H23N5O4. The number of nitrogens with zero attached hydrogens (tertiary/aromatic N) is 3. The molecule has 3 heterocycles. The molecule has 1 atom stereocenters. The normalized spacial score (nSPS) is 21.6. The van der Waals surface area contributed by atoms with Gasteiger partial charge in [-0.1, -0.05) is 0 Å². The molecule has 0 spiro atoms. The molecule has 2 saturated heterocycles. The summed E-state index contributed by atoms with van der Waals surface area (Å²) < 4.78 is 0. The number of amides is 3. The van der Waals surface area contributed by atoms with Crippen LogP contribution in [0.5, 0.6) is 0 Å². The maximum absolute atomic E-state index is 12.3. The number of likely N-dealkylation sites (tertiary alicyclic amines) is 2. The number of carbonyl (C=O) groups is 3. The van der Waals surface area contributed by atoms with Crippen LogP contribution >= 0.6 is 0 Å². The smallest absolute Gasteiger partial charge is 0.407 e. The van der Waals surface area contributed by atoms with Gasteiger partial charge in [0.2, 0.25) is 11.8 Å². The van der Waals surface area contributed by atoms with E-state index in [-0.39, 0.29) is 30.2 Å². The zero-order valence-corrected chi connectivity index (χ0v) is 14.0. The summed E-state index contributed by atoms with van der Waals surface area (Å²) in [6.07, 6.45) is 4.56. The highest BCUT2D eigenvalue weighted by Crippen LogP contribution is 2.25. The molecule has 25 heavy (non-hydrogen) atoms. The lowest BCUT2D eigenvalue weighted by atomic mass is 10.0. The number of carbonyl (C=O) groups excluding carboxylic acids is 2. The first-order valence-electron chi connectivity index (χ1n) is 8.57. The zero-order chi connectivity index (χ0) is 17.8. The van der Waals surface area contributed by atoms with Gasteiger partial charge in [-0.25, -0.2) is 9.78 Å². The number of nitrogens with one attached hydrogen (secondary N) is 2. The van der Waals surface area contributed by atoms with E-state index in [1.165, 1.54) is 4.90 Å². The molecule has 9 nitrogen and oxygen atoms in total. The number of hydrogen-bond acceptors (Lipinski definition) is 4. The van der Waals surface area contributed by atoms with Crippen molar-refractivity contribution < 1.29 is 19.5 Å². The van der Waals surface area contributed by atoms with Crippen LogP contribution in [0.3, 0.4) is 0 Å². The van der Waals surface area contributed by atoms with Gasteiger partial charge in [0.15, 0.2) is 0 Å². The maximum atomic E-state index is 12.3. The average molecular weight is 349 g/mol. The fourth-order valence-corrected chi connectivity index (χ4v) is 3.52. The Labute approximate surface area is 145 Å². The van der Waals surface area contributed by atoms with Gasteiger partial charge in [-0.3, -0.25) is 9.59 Å². The van der Waals surface area contributed by atoms with Crippen LogP contribution in [0.4, 0.5) is 4.79 Å². The Bertz CT molecular complexity index is 624. The minimum Gasteiger partial charge on any atom is -0.465 e. The highest BCUT2D eigenvalue weighted by molar-refractivity contribution is 5.89.